The molecule has 3 heteroatoms. The zero-order valence-electron chi connectivity index (χ0n) is 7.91. The molecule has 0 aromatic rings. The van der Waals surface area contributed by atoms with Crippen LogP contribution in [0.25, 0.3) is 0 Å². The van der Waals surface area contributed by atoms with Crippen molar-refractivity contribution in [1.29, 1.82) is 0 Å². The molecule has 2 fully saturated rings. The van der Waals surface area contributed by atoms with E-state index in [2.05, 4.69) is 0 Å². The van der Waals surface area contributed by atoms with Gasteiger partial charge in [-0.15, -0.1) is 0 Å². The second-order valence-corrected chi connectivity index (χ2v) is 4.24. The van der Waals surface area contributed by atoms with E-state index in [1.54, 1.807) is 0 Å². The van der Waals surface area contributed by atoms with E-state index >= 15 is 0 Å². The lowest BCUT2D eigenvalue weighted by Gasteiger charge is -2.40. The van der Waals surface area contributed by atoms with Gasteiger partial charge in [0.1, 0.15) is 0 Å². The van der Waals surface area contributed by atoms with Gasteiger partial charge in [-0.05, 0) is 25.2 Å². The van der Waals surface area contributed by atoms with Gasteiger partial charge in [0.25, 0.3) is 0 Å². The number of rotatable bonds is 2. The van der Waals surface area contributed by atoms with Crippen LogP contribution in [0.4, 0.5) is 0 Å². The van der Waals surface area contributed by atoms with Crippen LogP contribution in [-0.4, -0.2) is 35.6 Å². The zero-order valence-corrected chi connectivity index (χ0v) is 7.91. The minimum Gasteiger partial charge on any atom is -0.395 e. The Morgan fingerprint density at radius 3 is 3.08 bits per heavy atom. The summed E-state index contributed by atoms with van der Waals surface area (Å²) < 4.78 is 0. The number of carbonyl (C=O) groups excluding carboxylic acids is 1. The van der Waals surface area contributed by atoms with Crippen LogP contribution >= 0.6 is 0 Å². The van der Waals surface area contributed by atoms with Crippen LogP contribution in [0.2, 0.25) is 0 Å². The maximum absolute atomic E-state index is 11.7. The molecular formula is C10H17NO2. The zero-order chi connectivity index (χ0) is 9.26. The third-order valence-corrected chi connectivity index (χ3v) is 3.29. The maximum atomic E-state index is 11.7. The van der Waals surface area contributed by atoms with Crippen LogP contribution < -0.4 is 0 Å². The summed E-state index contributed by atoms with van der Waals surface area (Å²) in [6, 6.07) is 0. The molecule has 1 heterocycles. The van der Waals surface area contributed by atoms with Gasteiger partial charge in [-0.1, -0.05) is 6.42 Å². The SMILES string of the molecule is O=C1C2CCCC(C2)CN1CCO. The number of fused-ring (bicyclic) bond motifs is 2. The summed E-state index contributed by atoms with van der Waals surface area (Å²) in [5, 5.41) is 8.81. The quantitative estimate of drug-likeness (QED) is 0.682. The third kappa shape index (κ3) is 1.70. The number of likely N-dealkylation sites (tertiary alicyclic amines) is 1. The Hall–Kier alpha value is -0.570. The highest BCUT2D eigenvalue weighted by Gasteiger charge is 2.36. The van der Waals surface area contributed by atoms with E-state index in [0.717, 1.165) is 19.4 Å². The molecule has 0 radical (unpaired) electrons. The topological polar surface area (TPSA) is 40.5 Å². The molecule has 0 aromatic heterocycles. The molecule has 3 nitrogen and oxygen atoms in total. The van der Waals surface area contributed by atoms with E-state index in [4.69, 9.17) is 5.11 Å². The summed E-state index contributed by atoms with van der Waals surface area (Å²) in [6.45, 7) is 1.52. The molecule has 1 aliphatic heterocycles. The van der Waals surface area contributed by atoms with Gasteiger partial charge in [0, 0.05) is 19.0 Å². The van der Waals surface area contributed by atoms with E-state index in [0.29, 0.717) is 12.5 Å². The molecule has 13 heavy (non-hydrogen) atoms. The lowest BCUT2D eigenvalue weighted by Crippen LogP contribution is -2.48. The Labute approximate surface area is 78.7 Å². The normalized spacial score (nSPS) is 33.6. The van der Waals surface area contributed by atoms with Crippen molar-refractivity contribution in [3.05, 3.63) is 0 Å². The second kappa shape index (κ2) is 3.66. The molecule has 2 bridgehead atoms. The number of amides is 1. The van der Waals surface area contributed by atoms with E-state index in [9.17, 15) is 4.79 Å². The molecule has 2 unspecified atom stereocenters. The van der Waals surface area contributed by atoms with Crippen LogP contribution in [0.3, 0.4) is 0 Å². The highest BCUT2D eigenvalue weighted by atomic mass is 16.3. The average molecular weight is 183 g/mol. The molecule has 1 saturated heterocycles. The summed E-state index contributed by atoms with van der Waals surface area (Å²) in [7, 11) is 0. The predicted molar refractivity (Wildman–Crippen MR) is 49.1 cm³/mol. The van der Waals surface area contributed by atoms with Crippen LogP contribution in [0, 0.1) is 11.8 Å². The van der Waals surface area contributed by atoms with Gasteiger partial charge in [0.2, 0.25) is 5.91 Å². The fourth-order valence-corrected chi connectivity index (χ4v) is 2.66. The second-order valence-electron chi connectivity index (χ2n) is 4.24. The molecule has 1 saturated carbocycles. The number of β-amino-alcohol motifs (C(OH)–C–C–N with tert-alkyl or cyclic N) is 1. The van der Waals surface area contributed by atoms with Crippen molar-refractivity contribution in [2.24, 2.45) is 11.8 Å². The highest BCUT2D eigenvalue weighted by Crippen LogP contribution is 2.34. The molecule has 74 valence electrons. The van der Waals surface area contributed by atoms with Gasteiger partial charge in [0.15, 0.2) is 0 Å². The van der Waals surface area contributed by atoms with Crippen LogP contribution in [-0.2, 0) is 4.79 Å². The Morgan fingerprint density at radius 1 is 1.46 bits per heavy atom. The van der Waals surface area contributed by atoms with Crippen LogP contribution in [0.15, 0.2) is 0 Å². The maximum Gasteiger partial charge on any atom is 0.225 e. The first-order valence-electron chi connectivity index (χ1n) is 5.21. The molecular weight excluding hydrogens is 166 g/mol. The fourth-order valence-electron chi connectivity index (χ4n) is 2.66. The van der Waals surface area contributed by atoms with Crippen molar-refractivity contribution in [2.75, 3.05) is 19.7 Å². The Kier molecular flexibility index (Phi) is 2.54. The number of carbonyl (C=O) groups is 1. The summed E-state index contributed by atoms with van der Waals surface area (Å²) in [4.78, 5) is 13.6. The molecule has 0 aromatic carbocycles. The molecule has 0 spiro atoms. The van der Waals surface area contributed by atoms with Gasteiger partial charge in [-0.2, -0.15) is 0 Å². The average Bonchev–Trinajstić information content (AvgIpc) is 2.15. The summed E-state index contributed by atoms with van der Waals surface area (Å²) in [5.74, 6) is 1.27. The standard InChI is InChI=1S/C10H17NO2/c12-5-4-11-7-8-2-1-3-9(6-8)10(11)13/h8-9,12H,1-7H2. The van der Waals surface area contributed by atoms with Crippen molar-refractivity contribution >= 4 is 5.91 Å². The fraction of sp³-hybridized carbons (Fsp3) is 0.900. The van der Waals surface area contributed by atoms with E-state index < -0.39 is 0 Å². The highest BCUT2D eigenvalue weighted by molar-refractivity contribution is 5.79. The molecule has 2 atom stereocenters. The Balaban J connectivity index is 2.02. The van der Waals surface area contributed by atoms with E-state index in [1.807, 2.05) is 4.90 Å². The van der Waals surface area contributed by atoms with Crippen LogP contribution in [0.1, 0.15) is 25.7 Å². The van der Waals surface area contributed by atoms with Gasteiger partial charge in [-0.3, -0.25) is 4.79 Å². The summed E-state index contributed by atoms with van der Waals surface area (Å²) in [5.41, 5.74) is 0. The van der Waals surface area contributed by atoms with Crippen molar-refractivity contribution < 1.29 is 9.90 Å². The van der Waals surface area contributed by atoms with Gasteiger partial charge < -0.3 is 10.0 Å². The summed E-state index contributed by atoms with van der Waals surface area (Å²) >= 11 is 0. The monoisotopic (exact) mass is 183 g/mol. The Bertz CT molecular complexity index is 205. The first-order valence-corrected chi connectivity index (χ1v) is 5.21. The van der Waals surface area contributed by atoms with E-state index in [-0.39, 0.29) is 18.4 Å². The van der Waals surface area contributed by atoms with Crippen molar-refractivity contribution in [3.63, 3.8) is 0 Å². The lowest BCUT2D eigenvalue weighted by atomic mass is 9.77. The number of hydrogen-bond donors (Lipinski definition) is 1. The predicted octanol–water partition coefficient (Wildman–Crippen LogP) is 0.627. The minimum atomic E-state index is 0.102. The summed E-state index contributed by atoms with van der Waals surface area (Å²) in [6.07, 6.45) is 4.65. The van der Waals surface area contributed by atoms with Crippen LogP contribution in [0.5, 0.6) is 0 Å². The molecule has 1 N–H and O–H groups in total. The molecule has 2 aliphatic rings. The first-order chi connectivity index (χ1) is 6.31. The molecule has 2 rings (SSSR count). The number of aliphatic hydroxyl groups excluding tert-OH is 1. The van der Waals surface area contributed by atoms with Gasteiger partial charge >= 0.3 is 0 Å². The smallest absolute Gasteiger partial charge is 0.225 e. The third-order valence-electron chi connectivity index (χ3n) is 3.29. The molecule has 1 amide bonds. The van der Waals surface area contributed by atoms with Crippen molar-refractivity contribution in [1.82, 2.24) is 4.90 Å². The van der Waals surface area contributed by atoms with Gasteiger partial charge in [0.05, 0.1) is 6.61 Å². The number of nitrogens with zero attached hydrogens (tertiary/aromatic N) is 1. The first kappa shape index (κ1) is 9.00. The molecule has 1 aliphatic carbocycles. The number of piperidine rings is 1. The lowest BCUT2D eigenvalue weighted by molar-refractivity contribution is -0.143. The van der Waals surface area contributed by atoms with Crippen molar-refractivity contribution in [3.8, 4) is 0 Å². The number of hydrogen-bond acceptors (Lipinski definition) is 2. The van der Waals surface area contributed by atoms with E-state index in [1.165, 1.54) is 12.8 Å². The van der Waals surface area contributed by atoms with Crippen molar-refractivity contribution in [2.45, 2.75) is 25.7 Å². The number of aliphatic hydroxyl groups is 1. The minimum absolute atomic E-state index is 0.102. The Morgan fingerprint density at radius 2 is 2.31 bits per heavy atom. The van der Waals surface area contributed by atoms with Gasteiger partial charge in [-0.25, -0.2) is 0 Å². The largest absolute Gasteiger partial charge is 0.395 e.